The van der Waals surface area contributed by atoms with Crippen molar-refractivity contribution in [2.75, 3.05) is 6.61 Å². The Morgan fingerprint density at radius 3 is 2.04 bits per heavy atom. The highest BCUT2D eigenvalue weighted by molar-refractivity contribution is 5.71. The van der Waals surface area contributed by atoms with Crippen LogP contribution in [0.2, 0.25) is 0 Å². The van der Waals surface area contributed by atoms with Crippen LogP contribution in [-0.4, -0.2) is 6.61 Å². The molecule has 0 aliphatic rings. The number of aryl methyl sites for hydroxylation is 1. The van der Waals surface area contributed by atoms with Gasteiger partial charge in [-0.1, -0.05) is 36.4 Å². The third kappa shape index (κ3) is 3.38. The Kier molecular flexibility index (Phi) is 4.79. The second-order valence-corrected chi connectivity index (χ2v) is 5.71. The van der Waals surface area contributed by atoms with E-state index < -0.39 is 11.6 Å². The van der Waals surface area contributed by atoms with Crippen molar-refractivity contribution >= 4 is 0 Å². The normalized spacial score (nSPS) is 10.8. The summed E-state index contributed by atoms with van der Waals surface area (Å²) in [6, 6.07) is 14.8. The summed E-state index contributed by atoms with van der Waals surface area (Å²) >= 11 is 0. The highest BCUT2D eigenvalue weighted by atomic mass is 19.2. The molecule has 25 heavy (non-hydrogen) atoms. The van der Waals surface area contributed by atoms with Crippen LogP contribution in [0.15, 0.2) is 54.6 Å². The molecule has 3 rings (SSSR count). The number of benzene rings is 3. The van der Waals surface area contributed by atoms with E-state index in [1.54, 1.807) is 44.2 Å². The summed E-state index contributed by atoms with van der Waals surface area (Å²) < 4.78 is 47.1. The minimum Gasteiger partial charge on any atom is -0.491 e. The maximum absolute atomic E-state index is 14.3. The van der Waals surface area contributed by atoms with E-state index in [4.69, 9.17) is 4.74 Å². The van der Waals surface area contributed by atoms with Crippen molar-refractivity contribution < 1.29 is 17.9 Å². The van der Waals surface area contributed by atoms with Crippen molar-refractivity contribution in [2.45, 2.75) is 13.8 Å². The van der Waals surface area contributed by atoms with E-state index in [-0.39, 0.29) is 23.7 Å². The van der Waals surface area contributed by atoms with Crippen molar-refractivity contribution in [3.05, 3.63) is 77.6 Å². The molecule has 3 aromatic carbocycles. The molecule has 0 fully saturated rings. The minimum atomic E-state index is -0.996. The summed E-state index contributed by atoms with van der Waals surface area (Å²) in [5.41, 5.74) is 2.80. The Balaban J connectivity index is 1.95. The van der Waals surface area contributed by atoms with E-state index >= 15 is 0 Å². The molecule has 0 aliphatic heterocycles. The number of rotatable bonds is 4. The van der Waals surface area contributed by atoms with Crippen LogP contribution >= 0.6 is 0 Å². The zero-order valence-electron chi connectivity index (χ0n) is 13.9. The molecule has 0 unspecified atom stereocenters. The van der Waals surface area contributed by atoms with Gasteiger partial charge in [-0.15, -0.1) is 0 Å². The molecule has 0 atom stereocenters. The molecule has 0 bridgehead atoms. The van der Waals surface area contributed by atoms with Crippen LogP contribution < -0.4 is 4.74 Å². The fourth-order valence-corrected chi connectivity index (χ4v) is 2.64. The first-order chi connectivity index (χ1) is 12.0. The van der Waals surface area contributed by atoms with Gasteiger partial charge < -0.3 is 4.74 Å². The smallest absolute Gasteiger partial charge is 0.201 e. The lowest BCUT2D eigenvalue weighted by molar-refractivity contribution is 0.314. The van der Waals surface area contributed by atoms with Crippen molar-refractivity contribution in [3.8, 4) is 28.0 Å². The SMILES string of the molecule is CCOc1ccc(-c2ccc(-c3ccc(C)c(F)c3)cc2)c(F)c1F. The predicted molar refractivity (Wildman–Crippen MR) is 93.1 cm³/mol. The summed E-state index contributed by atoms with van der Waals surface area (Å²) in [7, 11) is 0. The van der Waals surface area contributed by atoms with Crippen LogP contribution in [-0.2, 0) is 0 Å². The number of ether oxygens (including phenoxy) is 1. The first-order valence-corrected chi connectivity index (χ1v) is 7.99. The van der Waals surface area contributed by atoms with Crippen LogP contribution in [0.3, 0.4) is 0 Å². The van der Waals surface area contributed by atoms with Crippen molar-refractivity contribution in [3.63, 3.8) is 0 Å². The molecule has 4 heteroatoms. The molecule has 0 aromatic heterocycles. The van der Waals surface area contributed by atoms with Crippen molar-refractivity contribution in [1.82, 2.24) is 0 Å². The van der Waals surface area contributed by atoms with Crippen molar-refractivity contribution in [1.29, 1.82) is 0 Å². The molecule has 3 aromatic rings. The van der Waals surface area contributed by atoms with Crippen LogP contribution in [0, 0.1) is 24.4 Å². The molecule has 0 radical (unpaired) electrons. The largest absolute Gasteiger partial charge is 0.491 e. The summed E-state index contributed by atoms with van der Waals surface area (Å²) in [5, 5.41) is 0. The zero-order chi connectivity index (χ0) is 18.0. The van der Waals surface area contributed by atoms with E-state index in [0.717, 1.165) is 11.1 Å². The summed E-state index contributed by atoms with van der Waals surface area (Å²) in [4.78, 5) is 0. The quantitative estimate of drug-likeness (QED) is 0.553. The molecule has 128 valence electrons. The molecule has 1 nitrogen and oxygen atoms in total. The maximum atomic E-state index is 14.3. The molecular weight excluding hydrogens is 325 g/mol. The third-order valence-corrected chi connectivity index (χ3v) is 4.05. The Labute approximate surface area is 144 Å². The summed E-state index contributed by atoms with van der Waals surface area (Å²) in [6.07, 6.45) is 0. The fourth-order valence-electron chi connectivity index (χ4n) is 2.64. The van der Waals surface area contributed by atoms with Gasteiger partial charge in [0.15, 0.2) is 11.6 Å². The second-order valence-electron chi connectivity index (χ2n) is 5.71. The average Bonchev–Trinajstić information content (AvgIpc) is 2.62. The van der Waals surface area contributed by atoms with Gasteiger partial charge in [-0.25, -0.2) is 8.78 Å². The highest BCUT2D eigenvalue weighted by Crippen LogP contribution is 2.31. The standard InChI is InChI=1S/C21H17F3O/c1-3-25-19-11-10-17(20(23)21(19)24)15-8-6-14(7-9-15)16-5-4-13(2)18(22)12-16/h4-12H,3H2,1-2H3. The van der Waals surface area contributed by atoms with Gasteiger partial charge in [-0.05, 0) is 54.3 Å². The van der Waals surface area contributed by atoms with Crippen LogP contribution in [0.1, 0.15) is 12.5 Å². The molecule has 0 spiro atoms. The van der Waals surface area contributed by atoms with E-state index in [1.165, 1.54) is 18.2 Å². The zero-order valence-corrected chi connectivity index (χ0v) is 13.9. The molecule has 0 heterocycles. The lowest BCUT2D eigenvalue weighted by Crippen LogP contribution is -1.98. The minimum absolute atomic E-state index is 0.101. The Morgan fingerprint density at radius 2 is 1.40 bits per heavy atom. The molecule has 0 saturated carbocycles. The summed E-state index contributed by atoms with van der Waals surface area (Å²) in [6.45, 7) is 3.67. The van der Waals surface area contributed by atoms with E-state index in [2.05, 4.69) is 0 Å². The van der Waals surface area contributed by atoms with Gasteiger partial charge in [0.1, 0.15) is 5.82 Å². The number of hydrogen-bond acceptors (Lipinski definition) is 1. The molecular formula is C21H17F3O. The van der Waals surface area contributed by atoms with Crippen LogP contribution in [0.25, 0.3) is 22.3 Å². The van der Waals surface area contributed by atoms with E-state index in [1.807, 2.05) is 6.07 Å². The predicted octanol–water partition coefficient (Wildman–Crippen LogP) is 6.15. The fraction of sp³-hybridized carbons (Fsp3) is 0.143. The van der Waals surface area contributed by atoms with Crippen LogP contribution in [0.4, 0.5) is 13.2 Å². The number of halogens is 3. The lowest BCUT2D eigenvalue weighted by atomic mass is 9.99. The van der Waals surface area contributed by atoms with Gasteiger partial charge >= 0.3 is 0 Å². The van der Waals surface area contributed by atoms with Crippen molar-refractivity contribution in [2.24, 2.45) is 0 Å². The summed E-state index contributed by atoms with van der Waals surface area (Å²) in [5.74, 6) is -2.32. The topological polar surface area (TPSA) is 9.23 Å². The Morgan fingerprint density at radius 1 is 0.760 bits per heavy atom. The Bertz CT molecular complexity index is 902. The van der Waals surface area contributed by atoms with Gasteiger partial charge in [-0.2, -0.15) is 4.39 Å². The molecule has 0 saturated heterocycles. The van der Waals surface area contributed by atoms with Gasteiger partial charge in [0.2, 0.25) is 5.82 Å². The highest BCUT2D eigenvalue weighted by Gasteiger charge is 2.15. The monoisotopic (exact) mass is 342 g/mol. The number of hydrogen-bond donors (Lipinski definition) is 0. The maximum Gasteiger partial charge on any atom is 0.201 e. The Hall–Kier alpha value is -2.75. The van der Waals surface area contributed by atoms with Gasteiger partial charge in [0.05, 0.1) is 6.61 Å². The molecule has 0 amide bonds. The first kappa shape index (κ1) is 17.1. The average molecular weight is 342 g/mol. The lowest BCUT2D eigenvalue weighted by Gasteiger charge is -2.10. The van der Waals surface area contributed by atoms with Crippen LogP contribution in [0.5, 0.6) is 5.75 Å². The second kappa shape index (κ2) is 7.01. The van der Waals surface area contributed by atoms with E-state index in [0.29, 0.717) is 11.1 Å². The molecule has 0 aliphatic carbocycles. The van der Waals surface area contributed by atoms with Gasteiger partial charge in [0, 0.05) is 5.56 Å². The first-order valence-electron chi connectivity index (χ1n) is 7.99. The third-order valence-electron chi connectivity index (χ3n) is 4.05. The van der Waals surface area contributed by atoms with E-state index in [9.17, 15) is 13.2 Å². The molecule has 0 N–H and O–H groups in total. The van der Waals surface area contributed by atoms with Gasteiger partial charge in [-0.3, -0.25) is 0 Å². The van der Waals surface area contributed by atoms with Gasteiger partial charge in [0.25, 0.3) is 0 Å².